The molecule has 0 spiro atoms. The number of rotatable bonds is 2. The molecule has 0 amide bonds. The number of nitrogens with zero attached hydrogens (tertiary/aromatic N) is 1. The van der Waals surface area contributed by atoms with Crippen LogP contribution in [0.4, 0.5) is 0 Å². The number of aromatic nitrogens is 2. The van der Waals surface area contributed by atoms with Crippen molar-refractivity contribution in [1.29, 1.82) is 0 Å². The van der Waals surface area contributed by atoms with Gasteiger partial charge in [0.25, 0.3) is 0 Å². The van der Waals surface area contributed by atoms with E-state index in [0.29, 0.717) is 17.0 Å². The summed E-state index contributed by atoms with van der Waals surface area (Å²) in [6.45, 7) is 6.40. The Balaban J connectivity index is 2.46. The van der Waals surface area contributed by atoms with Crippen molar-refractivity contribution in [2.24, 2.45) is 0 Å². The molecule has 0 atom stereocenters. The van der Waals surface area contributed by atoms with Crippen LogP contribution in [0.1, 0.15) is 36.0 Å². The zero-order chi connectivity index (χ0) is 13.3. The third-order valence-electron chi connectivity index (χ3n) is 2.72. The van der Waals surface area contributed by atoms with Gasteiger partial charge in [0, 0.05) is 0 Å². The first-order valence-electron chi connectivity index (χ1n) is 5.62. The molecule has 2 aromatic heterocycles. The number of carbonyl (C=O) groups is 1. The largest absolute Gasteiger partial charge is 0.390 e. The fraction of sp³-hybridized carbons (Fsp3) is 0.308. The molecule has 0 bridgehead atoms. The zero-order valence-electron chi connectivity index (χ0n) is 10.6. The Hall–Kier alpha value is -1.75. The maximum Gasteiger partial charge on any atom is 0.390 e. The van der Waals surface area contributed by atoms with E-state index in [0.717, 1.165) is 11.3 Å². The molecule has 2 heterocycles. The lowest BCUT2D eigenvalue weighted by Crippen LogP contribution is -2.32. The highest BCUT2D eigenvalue weighted by molar-refractivity contribution is 7.11. The Bertz CT molecular complexity index is 618. The molecule has 0 radical (unpaired) electrons. The van der Waals surface area contributed by atoms with E-state index in [1.807, 2.05) is 24.5 Å². The topological polar surface area (TPSA) is 53.8 Å². The number of aromatic amines is 1. The van der Waals surface area contributed by atoms with Gasteiger partial charge in [0.15, 0.2) is 11.2 Å². The molecule has 94 valence electrons. The van der Waals surface area contributed by atoms with E-state index in [9.17, 15) is 9.59 Å². The first kappa shape index (κ1) is 12.7. The normalized spacial score (nSPS) is 11.5. The van der Waals surface area contributed by atoms with Gasteiger partial charge in [-0.1, -0.05) is 20.8 Å². The first-order chi connectivity index (χ1) is 8.41. The van der Waals surface area contributed by atoms with Crippen molar-refractivity contribution in [1.82, 2.24) is 4.98 Å². The van der Waals surface area contributed by atoms with Crippen LogP contribution in [0.5, 0.6) is 0 Å². The standard InChI is InChI=1S/C13H14N2O2S/c1-13(2,3)9-4-6-15(7-5-9)11-10(8-16)18-12(17)14-11/h4-8H,1-3H3/p+1. The Morgan fingerprint density at radius 3 is 2.39 bits per heavy atom. The summed E-state index contributed by atoms with van der Waals surface area (Å²) in [5.74, 6) is 0.528. The molecule has 0 saturated carbocycles. The lowest BCUT2D eigenvalue weighted by atomic mass is 9.88. The van der Waals surface area contributed by atoms with Crippen molar-refractivity contribution in [3.63, 3.8) is 0 Å². The van der Waals surface area contributed by atoms with Crippen LogP contribution in [0.15, 0.2) is 29.3 Å². The van der Waals surface area contributed by atoms with Gasteiger partial charge < -0.3 is 0 Å². The van der Waals surface area contributed by atoms with E-state index >= 15 is 0 Å². The maximum absolute atomic E-state index is 11.3. The van der Waals surface area contributed by atoms with Crippen LogP contribution in [-0.2, 0) is 5.41 Å². The minimum atomic E-state index is -0.223. The molecule has 0 aliphatic heterocycles. The van der Waals surface area contributed by atoms with Crippen LogP contribution < -0.4 is 9.44 Å². The van der Waals surface area contributed by atoms with Crippen molar-refractivity contribution in [3.8, 4) is 5.82 Å². The Morgan fingerprint density at radius 2 is 1.89 bits per heavy atom. The second kappa shape index (κ2) is 4.49. The lowest BCUT2D eigenvalue weighted by Gasteiger charge is -2.18. The molecule has 0 unspecified atom stereocenters. The van der Waals surface area contributed by atoms with E-state index in [1.54, 1.807) is 4.57 Å². The number of pyridine rings is 1. The summed E-state index contributed by atoms with van der Waals surface area (Å²) >= 11 is 0.919. The highest BCUT2D eigenvalue weighted by Gasteiger charge is 2.18. The van der Waals surface area contributed by atoms with Crippen LogP contribution >= 0.6 is 11.3 Å². The number of hydrogen-bond donors (Lipinski definition) is 1. The first-order valence-corrected chi connectivity index (χ1v) is 6.44. The summed E-state index contributed by atoms with van der Waals surface area (Å²) in [6, 6.07) is 3.98. The van der Waals surface area contributed by atoms with Gasteiger partial charge >= 0.3 is 10.7 Å². The monoisotopic (exact) mass is 263 g/mol. The number of aldehydes is 1. The average Bonchev–Trinajstić information content (AvgIpc) is 2.69. The van der Waals surface area contributed by atoms with E-state index in [4.69, 9.17) is 0 Å². The van der Waals surface area contributed by atoms with Crippen LogP contribution in [-0.4, -0.2) is 11.3 Å². The van der Waals surface area contributed by atoms with Crippen molar-refractivity contribution in [2.45, 2.75) is 26.2 Å². The molecule has 0 fully saturated rings. The summed E-state index contributed by atoms with van der Waals surface area (Å²) < 4.78 is 1.75. The molecule has 0 aliphatic carbocycles. The minimum Gasteiger partial charge on any atom is -0.297 e. The molecule has 2 aromatic rings. The predicted molar refractivity (Wildman–Crippen MR) is 70.6 cm³/mol. The Labute approximate surface area is 109 Å². The van der Waals surface area contributed by atoms with Gasteiger partial charge in [-0.3, -0.25) is 4.79 Å². The molecule has 2 rings (SSSR count). The Kier molecular flexibility index (Phi) is 3.17. The van der Waals surface area contributed by atoms with Gasteiger partial charge in [-0.25, -0.2) is 9.36 Å². The van der Waals surface area contributed by atoms with Gasteiger partial charge in [0.1, 0.15) is 0 Å². The van der Waals surface area contributed by atoms with Gasteiger partial charge in [-0.2, -0.15) is 4.98 Å². The SMILES string of the molecule is CC(C)(C)c1cc[n+](-c2[nH]c(=O)sc2C=O)cc1. The molecule has 18 heavy (non-hydrogen) atoms. The van der Waals surface area contributed by atoms with Gasteiger partial charge in [-0.15, -0.1) is 0 Å². The zero-order valence-corrected chi connectivity index (χ0v) is 11.4. The molecular formula is C13H15N2O2S+. The molecule has 0 saturated heterocycles. The third-order valence-corrected chi connectivity index (χ3v) is 3.51. The average molecular weight is 263 g/mol. The number of nitrogens with one attached hydrogen (secondary N) is 1. The van der Waals surface area contributed by atoms with Gasteiger partial charge in [-0.05, 0) is 34.4 Å². The number of hydrogen-bond acceptors (Lipinski definition) is 3. The third kappa shape index (κ3) is 2.41. The highest BCUT2D eigenvalue weighted by Crippen LogP contribution is 2.20. The van der Waals surface area contributed by atoms with Crippen LogP contribution in [0, 0.1) is 0 Å². The molecule has 0 aliphatic rings. The molecule has 4 nitrogen and oxygen atoms in total. The molecule has 5 heteroatoms. The quantitative estimate of drug-likeness (QED) is 0.664. The van der Waals surface area contributed by atoms with Crippen molar-refractivity contribution in [2.75, 3.05) is 0 Å². The van der Waals surface area contributed by atoms with Crippen molar-refractivity contribution >= 4 is 17.6 Å². The molecular weight excluding hydrogens is 248 g/mol. The van der Waals surface area contributed by atoms with Crippen molar-refractivity contribution in [3.05, 3.63) is 44.6 Å². The number of thiazole rings is 1. The highest BCUT2D eigenvalue weighted by atomic mass is 32.1. The van der Waals surface area contributed by atoms with Crippen LogP contribution in [0.3, 0.4) is 0 Å². The summed E-state index contributed by atoms with van der Waals surface area (Å²) in [6.07, 6.45) is 4.40. The van der Waals surface area contributed by atoms with Gasteiger partial charge in [0.2, 0.25) is 0 Å². The minimum absolute atomic E-state index is 0.0780. The summed E-state index contributed by atoms with van der Waals surface area (Å²) in [7, 11) is 0. The lowest BCUT2D eigenvalue weighted by molar-refractivity contribution is -0.599. The van der Waals surface area contributed by atoms with E-state index in [2.05, 4.69) is 25.8 Å². The fourth-order valence-electron chi connectivity index (χ4n) is 1.68. The van der Waals surface area contributed by atoms with E-state index < -0.39 is 0 Å². The maximum atomic E-state index is 11.3. The van der Waals surface area contributed by atoms with E-state index in [1.165, 1.54) is 5.56 Å². The summed E-state index contributed by atoms with van der Waals surface area (Å²) in [5, 5.41) is 0. The molecule has 1 N–H and O–H groups in total. The second-order valence-corrected chi connectivity index (χ2v) is 6.10. The summed E-state index contributed by atoms with van der Waals surface area (Å²) in [5.41, 5.74) is 1.28. The number of carbonyl (C=O) groups excluding carboxylic acids is 1. The predicted octanol–water partition coefficient (Wildman–Crippen LogP) is 1.82. The van der Waals surface area contributed by atoms with Crippen LogP contribution in [0.2, 0.25) is 0 Å². The molecule has 0 aromatic carbocycles. The summed E-state index contributed by atoms with van der Waals surface area (Å²) in [4.78, 5) is 25.0. The Morgan fingerprint density at radius 1 is 1.28 bits per heavy atom. The van der Waals surface area contributed by atoms with Crippen molar-refractivity contribution < 1.29 is 9.36 Å². The fourth-order valence-corrected chi connectivity index (χ4v) is 2.33. The van der Waals surface area contributed by atoms with Gasteiger partial charge in [0.05, 0.1) is 12.4 Å². The number of H-pyrrole nitrogens is 1. The smallest absolute Gasteiger partial charge is 0.297 e. The van der Waals surface area contributed by atoms with E-state index in [-0.39, 0.29) is 10.3 Å². The second-order valence-electron chi connectivity index (χ2n) is 5.09. The van der Waals surface area contributed by atoms with Crippen LogP contribution in [0.25, 0.3) is 5.82 Å².